The molecule has 41 heavy (non-hydrogen) atoms. The Hall–Kier alpha value is -3.70. The molecule has 222 valence electrons. The van der Waals surface area contributed by atoms with Gasteiger partial charge < -0.3 is 34.2 Å². The molecule has 0 aliphatic carbocycles. The highest BCUT2D eigenvalue weighted by atomic mass is 32.2. The highest BCUT2D eigenvalue weighted by Gasteiger charge is 2.26. The Balaban J connectivity index is 0.000000507. The van der Waals surface area contributed by atoms with E-state index in [2.05, 4.69) is 41.1 Å². The quantitative estimate of drug-likeness (QED) is 0.278. The second-order valence-corrected chi connectivity index (χ2v) is 10.5. The molecule has 0 amide bonds. The summed E-state index contributed by atoms with van der Waals surface area (Å²) in [4.78, 5) is 29.0. The van der Waals surface area contributed by atoms with E-state index in [0.29, 0.717) is 36.3 Å². The smallest absolute Gasteiger partial charge is 0.328 e. The van der Waals surface area contributed by atoms with Crippen LogP contribution in [0.5, 0.6) is 17.2 Å². The third-order valence-corrected chi connectivity index (χ3v) is 7.93. The van der Waals surface area contributed by atoms with Gasteiger partial charge in [0.1, 0.15) is 0 Å². The van der Waals surface area contributed by atoms with Crippen molar-refractivity contribution in [3.63, 3.8) is 0 Å². The second-order valence-electron chi connectivity index (χ2n) is 9.55. The molecule has 1 fully saturated rings. The van der Waals surface area contributed by atoms with E-state index in [0.717, 1.165) is 54.8 Å². The molecule has 11 heteroatoms. The Labute approximate surface area is 245 Å². The summed E-state index contributed by atoms with van der Waals surface area (Å²) in [7, 11) is 5.50. The van der Waals surface area contributed by atoms with Crippen molar-refractivity contribution in [2.75, 3.05) is 47.5 Å². The molecule has 10 nitrogen and oxygen atoms in total. The third-order valence-electron chi connectivity index (χ3n) is 6.83. The van der Waals surface area contributed by atoms with Gasteiger partial charge in [-0.3, -0.25) is 0 Å². The van der Waals surface area contributed by atoms with E-state index < -0.39 is 11.9 Å². The highest BCUT2D eigenvalue weighted by molar-refractivity contribution is 8.13. The molecule has 2 aromatic rings. The number of rotatable bonds is 11. The summed E-state index contributed by atoms with van der Waals surface area (Å²) in [6, 6.07) is 14.8. The number of hydrogen-bond acceptors (Lipinski definition) is 9. The van der Waals surface area contributed by atoms with Crippen LogP contribution in [0.25, 0.3) is 0 Å². The van der Waals surface area contributed by atoms with E-state index in [1.807, 2.05) is 30.0 Å². The number of benzene rings is 2. The third kappa shape index (κ3) is 10.0. The average molecular weight is 586 g/mol. The standard InChI is InChI=1S/C26H35N3O3S.C4H4O4/c1-28(26-27-22-10-5-4-9-20(22)19-33-26)21-13-16-29(17-14-21)15-6-7-18-32-24-12-8-11-23(30-2)25(24)31-3;5-3(6)1-2-4(7)8/h4-5,8-12,21H,6-7,13-19H2,1-3H3;1-2H,(H,5,6)(H,7,8)/b;2-1+. The largest absolute Gasteiger partial charge is 0.493 e. The van der Waals surface area contributed by atoms with Crippen molar-refractivity contribution in [1.29, 1.82) is 0 Å². The van der Waals surface area contributed by atoms with Crippen LogP contribution in [0.3, 0.4) is 0 Å². The van der Waals surface area contributed by atoms with Crippen molar-refractivity contribution in [2.24, 2.45) is 4.99 Å². The molecular weight excluding hydrogens is 546 g/mol. The van der Waals surface area contributed by atoms with Gasteiger partial charge >= 0.3 is 11.9 Å². The first-order chi connectivity index (χ1) is 19.8. The maximum absolute atomic E-state index is 9.55. The van der Waals surface area contributed by atoms with Crippen LogP contribution >= 0.6 is 11.8 Å². The number of para-hydroxylation sites is 2. The van der Waals surface area contributed by atoms with Gasteiger partial charge in [0.05, 0.1) is 26.5 Å². The number of likely N-dealkylation sites (tertiary alicyclic amines) is 1. The van der Waals surface area contributed by atoms with Crippen LogP contribution in [0, 0.1) is 0 Å². The van der Waals surface area contributed by atoms with Crippen LogP contribution in [0.4, 0.5) is 5.69 Å². The number of aliphatic carboxylic acids is 2. The fourth-order valence-electron chi connectivity index (χ4n) is 4.62. The number of methoxy groups -OCH3 is 2. The van der Waals surface area contributed by atoms with Gasteiger partial charge in [0.25, 0.3) is 0 Å². The molecule has 0 spiro atoms. The van der Waals surface area contributed by atoms with E-state index in [1.54, 1.807) is 14.2 Å². The lowest BCUT2D eigenvalue weighted by Crippen LogP contribution is -2.45. The molecule has 2 aliphatic heterocycles. The first kappa shape index (κ1) is 31.8. The van der Waals surface area contributed by atoms with Crippen molar-refractivity contribution in [2.45, 2.75) is 37.5 Å². The number of piperidine rings is 1. The van der Waals surface area contributed by atoms with Crippen molar-refractivity contribution in [3.8, 4) is 17.2 Å². The van der Waals surface area contributed by atoms with Gasteiger partial charge in [-0.05, 0) is 56.0 Å². The normalized spacial score (nSPS) is 15.2. The number of ether oxygens (including phenoxy) is 3. The van der Waals surface area contributed by atoms with Crippen molar-refractivity contribution in [1.82, 2.24) is 9.80 Å². The fourth-order valence-corrected chi connectivity index (χ4v) is 5.66. The van der Waals surface area contributed by atoms with Gasteiger partial charge in [-0.15, -0.1) is 0 Å². The number of aliphatic imine (C=N–C) groups is 1. The molecule has 0 saturated carbocycles. The van der Waals surface area contributed by atoms with Gasteiger partial charge in [-0.25, -0.2) is 14.6 Å². The lowest BCUT2D eigenvalue weighted by atomic mass is 10.0. The second kappa shape index (κ2) is 16.5. The molecular formula is C30H39N3O7S. The average Bonchev–Trinajstić information content (AvgIpc) is 2.99. The predicted molar refractivity (Wildman–Crippen MR) is 161 cm³/mol. The molecule has 1 saturated heterocycles. The summed E-state index contributed by atoms with van der Waals surface area (Å²) >= 11 is 1.86. The van der Waals surface area contributed by atoms with E-state index in [4.69, 9.17) is 29.4 Å². The van der Waals surface area contributed by atoms with Crippen molar-refractivity contribution < 1.29 is 34.0 Å². The minimum Gasteiger partial charge on any atom is -0.493 e. The molecule has 0 unspecified atom stereocenters. The lowest BCUT2D eigenvalue weighted by molar-refractivity contribution is -0.134. The summed E-state index contributed by atoms with van der Waals surface area (Å²) in [5, 5.41) is 16.8. The van der Waals surface area contributed by atoms with Gasteiger partial charge in [-0.2, -0.15) is 0 Å². The molecule has 2 aliphatic rings. The van der Waals surface area contributed by atoms with Gasteiger partial charge in [0, 0.05) is 44.1 Å². The predicted octanol–water partition coefficient (Wildman–Crippen LogP) is 4.91. The number of amidine groups is 1. The van der Waals surface area contributed by atoms with Crippen molar-refractivity contribution >= 4 is 34.6 Å². The van der Waals surface area contributed by atoms with E-state index >= 15 is 0 Å². The summed E-state index contributed by atoms with van der Waals surface area (Å²) in [5.74, 6) is 0.605. The summed E-state index contributed by atoms with van der Waals surface area (Å²) < 4.78 is 16.7. The minimum atomic E-state index is -1.26. The SMILES string of the molecule is COc1cccc(OCCCCN2CCC(N(C)C3=Nc4ccccc4CS3)CC2)c1OC.O=C(O)/C=C/C(=O)O. The van der Waals surface area contributed by atoms with Gasteiger partial charge in [0.2, 0.25) is 5.75 Å². The molecule has 4 rings (SSSR count). The zero-order chi connectivity index (χ0) is 29.6. The first-order valence-electron chi connectivity index (χ1n) is 13.5. The zero-order valence-electron chi connectivity index (χ0n) is 23.8. The maximum atomic E-state index is 9.55. The number of nitrogens with zero attached hydrogens (tertiary/aromatic N) is 3. The summed E-state index contributed by atoms with van der Waals surface area (Å²) in [5.41, 5.74) is 2.47. The van der Waals surface area contributed by atoms with E-state index in [9.17, 15) is 9.59 Å². The van der Waals surface area contributed by atoms with E-state index in [1.165, 1.54) is 18.4 Å². The summed E-state index contributed by atoms with van der Waals surface area (Å²) in [6.45, 7) is 4.10. The molecule has 0 bridgehead atoms. The molecule has 2 aromatic carbocycles. The Kier molecular flexibility index (Phi) is 12.8. The maximum Gasteiger partial charge on any atom is 0.328 e. The number of carboxylic acids is 2. The van der Waals surface area contributed by atoms with Crippen LogP contribution < -0.4 is 14.2 Å². The van der Waals surface area contributed by atoms with Crippen LogP contribution in [0.15, 0.2) is 59.6 Å². The first-order valence-corrected chi connectivity index (χ1v) is 14.5. The number of carboxylic acid groups (broad SMARTS) is 2. The Morgan fingerprint density at radius 1 is 1.00 bits per heavy atom. The molecule has 2 N–H and O–H groups in total. The number of unbranched alkanes of at least 4 members (excludes halogenated alkanes) is 1. The molecule has 0 radical (unpaired) electrons. The van der Waals surface area contributed by atoms with Gasteiger partial charge in [0.15, 0.2) is 16.7 Å². The van der Waals surface area contributed by atoms with Crippen LogP contribution in [0.1, 0.15) is 31.2 Å². The number of hydrogen-bond donors (Lipinski definition) is 2. The number of carbonyl (C=O) groups is 2. The Morgan fingerprint density at radius 2 is 1.68 bits per heavy atom. The highest BCUT2D eigenvalue weighted by Crippen LogP contribution is 2.36. The number of thioether (sulfide) groups is 1. The fraction of sp³-hybridized carbons (Fsp3) is 0.433. The minimum absolute atomic E-state index is 0.558. The van der Waals surface area contributed by atoms with Crippen LogP contribution in [0.2, 0.25) is 0 Å². The Bertz CT molecular complexity index is 1200. The van der Waals surface area contributed by atoms with Crippen LogP contribution in [-0.2, 0) is 15.3 Å². The molecule has 0 aromatic heterocycles. The number of fused-ring (bicyclic) bond motifs is 1. The van der Waals surface area contributed by atoms with Crippen LogP contribution in [-0.4, -0.2) is 90.7 Å². The topological polar surface area (TPSA) is 121 Å². The van der Waals surface area contributed by atoms with E-state index in [-0.39, 0.29) is 0 Å². The Morgan fingerprint density at radius 3 is 2.34 bits per heavy atom. The molecule has 2 heterocycles. The molecule has 0 atom stereocenters. The summed E-state index contributed by atoms with van der Waals surface area (Å²) in [6.07, 6.45) is 5.65. The van der Waals surface area contributed by atoms with Crippen molar-refractivity contribution in [3.05, 3.63) is 60.2 Å². The lowest BCUT2D eigenvalue weighted by Gasteiger charge is -2.38. The monoisotopic (exact) mass is 585 g/mol. The zero-order valence-corrected chi connectivity index (χ0v) is 24.6. The van der Waals surface area contributed by atoms with Gasteiger partial charge in [-0.1, -0.05) is 36.0 Å².